The molecule has 2 heteroatoms. The topological polar surface area (TPSA) is 29.3 Å². The van der Waals surface area contributed by atoms with Crippen molar-refractivity contribution in [2.45, 2.75) is 65.1 Å². The van der Waals surface area contributed by atoms with Gasteiger partial charge in [-0.1, -0.05) is 50.6 Å². The van der Waals surface area contributed by atoms with Gasteiger partial charge in [-0.15, -0.1) is 0 Å². The molecule has 1 aliphatic heterocycles. The van der Waals surface area contributed by atoms with E-state index >= 15 is 0 Å². The number of rotatable bonds is 5. The molecule has 3 unspecified atom stereocenters. The van der Waals surface area contributed by atoms with E-state index in [0.717, 1.165) is 6.42 Å². The summed E-state index contributed by atoms with van der Waals surface area (Å²) in [6.45, 7) is 10.2. The Bertz CT molecular complexity index is 427. The van der Waals surface area contributed by atoms with Crippen LogP contribution in [0.15, 0.2) is 24.3 Å². The Labute approximate surface area is 124 Å². The van der Waals surface area contributed by atoms with Crippen LogP contribution in [-0.2, 0) is 0 Å². The molecule has 2 nitrogen and oxygen atoms in total. The standard InChI is InChI=1S/C18H30N2/c1-5-16(19)18(15-9-6-8-14(4)12-15)20-11-7-10-17(20)13(2)3/h6,8-9,12-13,16-18H,5,7,10-11,19H2,1-4H3. The fourth-order valence-electron chi connectivity index (χ4n) is 3.64. The Kier molecular flexibility index (Phi) is 5.22. The number of hydrogen-bond donors (Lipinski definition) is 1. The maximum absolute atomic E-state index is 6.50. The van der Waals surface area contributed by atoms with Gasteiger partial charge in [0.15, 0.2) is 0 Å². The number of aryl methyl sites for hydroxylation is 1. The van der Waals surface area contributed by atoms with Crippen LogP contribution >= 0.6 is 0 Å². The summed E-state index contributed by atoms with van der Waals surface area (Å²) in [5, 5.41) is 0. The van der Waals surface area contributed by atoms with Crippen LogP contribution in [0.4, 0.5) is 0 Å². The summed E-state index contributed by atoms with van der Waals surface area (Å²) in [5.74, 6) is 0.703. The van der Waals surface area contributed by atoms with Crippen molar-refractivity contribution in [2.24, 2.45) is 11.7 Å². The van der Waals surface area contributed by atoms with Crippen LogP contribution in [0, 0.1) is 12.8 Å². The molecule has 1 aromatic carbocycles. The first-order valence-corrected chi connectivity index (χ1v) is 8.12. The molecule has 1 fully saturated rings. The van der Waals surface area contributed by atoms with Gasteiger partial charge in [-0.25, -0.2) is 0 Å². The fourth-order valence-corrected chi connectivity index (χ4v) is 3.64. The van der Waals surface area contributed by atoms with Crippen molar-refractivity contribution in [3.63, 3.8) is 0 Å². The quantitative estimate of drug-likeness (QED) is 0.882. The molecule has 2 rings (SSSR count). The highest BCUT2D eigenvalue weighted by Gasteiger charge is 2.35. The van der Waals surface area contributed by atoms with E-state index in [9.17, 15) is 0 Å². The molecule has 1 heterocycles. The molecule has 0 amide bonds. The van der Waals surface area contributed by atoms with Crippen LogP contribution in [0.1, 0.15) is 57.2 Å². The molecule has 0 spiro atoms. The van der Waals surface area contributed by atoms with Crippen molar-refractivity contribution >= 4 is 0 Å². The van der Waals surface area contributed by atoms with Gasteiger partial charge in [-0.2, -0.15) is 0 Å². The Morgan fingerprint density at radius 2 is 2.10 bits per heavy atom. The largest absolute Gasteiger partial charge is 0.326 e. The zero-order valence-electron chi connectivity index (χ0n) is 13.5. The normalized spacial score (nSPS) is 23.2. The van der Waals surface area contributed by atoms with Crippen LogP contribution in [0.3, 0.4) is 0 Å². The average molecular weight is 274 g/mol. The van der Waals surface area contributed by atoms with Crippen molar-refractivity contribution in [3.8, 4) is 0 Å². The van der Waals surface area contributed by atoms with Crippen LogP contribution in [0.5, 0.6) is 0 Å². The lowest BCUT2D eigenvalue weighted by molar-refractivity contribution is 0.125. The Morgan fingerprint density at radius 1 is 1.35 bits per heavy atom. The fraction of sp³-hybridized carbons (Fsp3) is 0.667. The molecule has 0 radical (unpaired) electrons. The lowest BCUT2D eigenvalue weighted by Gasteiger charge is -2.38. The van der Waals surface area contributed by atoms with Crippen molar-refractivity contribution < 1.29 is 0 Å². The zero-order valence-corrected chi connectivity index (χ0v) is 13.5. The molecular weight excluding hydrogens is 244 g/mol. The molecule has 1 aromatic rings. The SMILES string of the molecule is CCC(N)C(c1cccc(C)c1)N1CCCC1C(C)C. The number of nitrogens with two attached hydrogens (primary N) is 1. The molecule has 3 atom stereocenters. The highest BCUT2D eigenvalue weighted by atomic mass is 15.2. The molecule has 0 saturated carbocycles. The van der Waals surface area contributed by atoms with E-state index < -0.39 is 0 Å². The van der Waals surface area contributed by atoms with Crippen LogP contribution in [0.25, 0.3) is 0 Å². The monoisotopic (exact) mass is 274 g/mol. The minimum atomic E-state index is 0.219. The first-order chi connectivity index (χ1) is 9.54. The summed E-state index contributed by atoms with van der Waals surface area (Å²) in [6.07, 6.45) is 3.65. The van der Waals surface area contributed by atoms with E-state index in [0.29, 0.717) is 18.0 Å². The van der Waals surface area contributed by atoms with Gasteiger partial charge in [-0.3, -0.25) is 4.90 Å². The van der Waals surface area contributed by atoms with Crippen molar-refractivity contribution in [1.82, 2.24) is 4.90 Å². The summed E-state index contributed by atoms with van der Waals surface area (Å²) in [5.41, 5.74) is 9.22. The third kappa shape index (κ3) is 3.24. The minimum Gasteiger partial charge on any atom is -0.326 e. The summed E-state index contributed by atoms with van der Waals surface area (Å²) in [4.78, 5) is 2.67. The number of nitrogens with zero attached hydrogens (tertiary/aromatic N) is 1. The van der Waals surface area contributed by atoms with Gasteiger partial charge in [0.1, 0.15) is 0 Å². The van der Waals surface area contributed by atoms with Crippen molar-refractivity contribution in [2.75, 3.05) is 6.54 Å². The summed E-state index contributed by atoms with van der Waals surface area (Å²) < 4.78 is 0. The van der Waals surface area contributed by atoms with Gasteiger partial charge in [0.25, 0.3) is 0 Å². The zero-order chi connectivity index (χ0) is 14.7. The number of benzene rings is 1. The Morgan fingerprint density at radius 3 is 2.70 bits per heavy atom. The van der Waals surface area contributed by atoms with Gasteiger partial charge < -0.3 is 5.73 Å². The summed E-state index contributed by atoms with van der Waals surface area (Å²) >= 11 is 0. The molecule has 0 aromatic heterocycles. The van der Waals surface area contributed by atoms with E-state index in [2.05, 4.69) is 56.9 Å². The molecule has 1 saturated heterocycles. The lowest BCUT2D eigenvalue weighted by Crippen LogP contribution is -2.44. The molecule has 20 heavy (non-hydrogen) atoms. The van der Waals surface area contributed by atoms with E-state index in [4.69, 9.17) is 5.73 Å². The molecule has 0 bridgehead atoms. The van der Waals surface area contributed by atoms with Gasteiger partial charge in [0.05, 0.1) is 6.04 Å². The smallest absolute Gasteiger partial charge is 0.0502 e. The maximum atomic E-state index is 6.50. The molecular formula is C18H30N2. The Balaban J connectivity index is 2.32. The summed E-state index contributed by atoms with van der Waals surface area (Å²) in [7, 11) is 0. The average Bonchev–Trinajstić information content (AvgIpc) is 2.88. The van der Waals surface area contributed by atoms with E-state index in [1.807, 2.05) is 0 Å². The third-order valence-corrected chi connectivity index (χ3v) is 4.73. The second-order valence-corrected chi connectivity index (χ2v) is 6.62. The maximum Gasteiger partial charge on any atom is 0.0502 e. The minimum absolute atomic E-state index is 0.219. The predicted molar refractivity (Wildman–Crippen MR) is 86.8 cm³/mol. The van der Waals surface area contributed by atoms with Crippen molar-refractivity contribution in [3.05, 3.63) is 35.4 Å². The second kappa shape index (κ2) is 6.73. The van der Waals surface area contributed by atoms with Crippen LogP contribution < -0.4 is 5.73 Å². The Hall–Kier alpha value is -0.860. The third-order valence-electron chi connectivity index (χ3n) is 4.73. The molecule has 2 N–H and O–H groups in total. The first kappa shape index (κ1) is 15.5. The molecule has 112 valence electrons. The number of likely N-dealkylation sites (tertiary alicyclic amines) is 1. The predicted octanol–water partition coefficient (Wildman–Crippen LogP) is 3.89. The first-order valence-electron chi connectivity index (χ1n) is 8.12. The van der Waals surface area contributed by atoms with Crippen LogP contribution in [-0.4, -0.2) is 23.5 Å². The van der Waals surface area contributed by atoms with Gasteiger partial charge in [0.2, 0.25) is 0 Å². The molecule has 0 aliphatic carbocycles. The van der Waals surface area contributed by atoms with E-state index in [-0.39, 0.29) is 6.04 Å². The number of hydrogen-bond acceptors (Lipinski definition) is 2. The lowest BCUT2D eigenvalue weighted by atomic mass is 9.92. The van der Waals surface area contributed by atoms with Crippen molar-refractivity contribution in [1.29, 1.82) is 0 Å². The van der Waals surface area contributed by atoms with Gasteiger partial charge in [0, 0.05) is 12.1 Å². The second-order valence-electron chi connectivity index (χ2n) is 6.62. The van der Waals surface area contributed by atoms with Crippen LogP contribution in [0.2, 0.25) is 0 Å². The van der Waals surface area contributed by atoms with Gasteiger partial charge >= 0.3 is 0 Å². The molecule has 1 aliphatic rings. The van der Waals surface area contributed by atoms with E-state index in [1.165, 1.54) is 30.5 Å². The van der Waals surface area contributed by atoms with Gasteiger partial charge in [-0.05, 0) is 44.2 Å². The highest BCUT2D eigenvalue weighted by molar-refractivity contribution is 5.26. The highest BCUT2D eigenvalue weighted by Crippen LogP contribution is 2.35. The summed E-state index contributed by atoms with van der Waals surface area (Å²) in [6, 6.07) is 10.2. The van der Waals surface area contributed by atoms with E-state index in [1.54, 1.807) is 0 Å².